The van der Waals surface area contributed by atoms with Gasteiger partial charge in [0, 0.05) is 32.7 Å². The molecular formula is C23H38N6O5. The smallest absolute Gasteiger partial charge is 0.414 e. The maximum atomic E-state index is 13.1. The van der Waals surface area contributed by atoms with Gasteiger partial charge in [-0.1, -0.05) is 20.8 Å². The lowest BCUT2D eigenvalue weighted by atomic mass is 9.88. The molecule has 0 aromatic rings. The van der Waals surface area contributed by atoms with Crippen LogP contribution in [0, 0.1) is 16.7 Å². The molecule has 1 unspecified atom stereocenters. The third kappa shape index (κ3) is 8.42. The second-order valence-corrected chi connectivity index (χ2v) is 10.2. The highest BCUT2D eigenvalue weighted by molar-refractivity contribution is 5.96. The Labute approximate surface area is 201 Å². The number of nitrogens with zero attached hydrogens (tertiary/aromatic N) is 4. The molecule has 0 aromatic heterocycles. The van der Waals surface area contributed by atoms with Gasteiger partial charge in [-0.25, -0.2) is 9.79 Å². The summed E-state index contributed by atoms with van der Waals surface area (Å²) in [7, 11) is 0. The first-order valence-corrected chi connectivity index (χ1v) is 12.1. The fourth-order valence-electron chi connectivity index (χ4n) is 3.82. The molecule has 1 atom stereocenters. The van der Waals surface area contributed by atoms with E-state index in [1.165, 1.54) is 0 Å². The summed E-state index contributed by atoms with van der Waals surface area (Å²) in [4.78, 5) is 34.5. The van der Waals surface area contributed by atoms with Gasteiger partial charge in [-0.2, -0.15) is 5.26 Å². The van der Waals surface area contributed by atoms with E-state index in [0.29, 0.717) is 71.3 Å². The molecule has 0 aromatic carbocycles. The van der Waals surface area contributed by atoms with Crippen molar-refractivity contribution in [3.63, 3.8) is 0 Å². The van der Waals surface area contributed by atoms with Gasteiger partial charge in [-0.3, -0.25) is 15.0 Å². The lowest BCUT2D eigenvalue weighted by Crippen LogP contribution is -2.51. The summed E-state index contributed by atoms with van der Waals surface area (Å²) in [5.41, 5.74) is -0.975. The van der Waals surface area contributed by atoms with Crippen molar-refractivity contribution < 1.29 is 23.8 Å². The Morgan fingerprint density at radius 2 is 1.74 bits per heavy atom. The Morgan fingerprint density at radius 1 is 1.12 bits per heavy atom. The van der Waals surface area contributed by atoms with E-state index in [2.05, 4.69) is 21.6 Å². The van der Waals surface area contributed by atoms with Crippen LogP contribution in [0.5, 0.6) is 0 Å². The number of nitrogens with one attached hydrogen (secondary N) is 2. The Morgan fingerprint density at radius 3 is 2.29 bits per heavy atom. The summed E-state index contributed by atoms with van der Waals surface area (Å²) in [6, 6.07) is 1.44. The molecule has 2 aliphatic heterocycles. The van der Waals surface area contributed by atoms with Gasteiger partial charge in [0.1, 0.15) is 18.2 Å². The molecule has 2 heterocycles. The molecule has 1 aliphatic carbocycles. The maximum absolute atomic E-state index is 13.1. The van der Waals surface area contributed by atoms with Crippen LogP contribution >= 0.6 is 0 Å². The zero-order valence-corrected chi connectivity index (χ0v) is 20.6. The Balaban J connectivity index is 1.68. The van der Waals surface area contributed by atoms with Crippen LogP contribution in [0.25, 0.3) is 0 Å². The minimum absolute atomic E-state index is 0.191. The van der Waals surface area contributed by atoms with Gasteiger partial charge in [0.25, 0.3) is 0 Å². The third-order valence-electron chi connectivity index (χ3n) is 5.98. The van der Waals surface area contributed by atoms with Crippen molar-refractivity contribution in [2.24, 2.45) is 10.4 Å². The van der Waals surface area contributed by atoms with E-state index in [0.717, 1.165) is 13.1 Å². The fourth-order valence-corrected chi connectivity index (χ4v) is 3.82. The molecule has 2 N–H and O–H groups in total. The number of rotatable bonds is 7. The normalized spacial score (nSPS) is 21.8. The van der Waals surface area contributed by atoms with Gasteiger partial charge in [0.2, 0.25) is 11.9 Å². The van der Waals surface area contributed by atoms with E-state index in [1.807, 2.05) is 25.7 Å². The summed E-state index contributed by atoms with van der Waals surface area (Å²) in [6.45, 7) is 12.1. The van der Waals surface area contributed by atoms with Crippen LogP contribution < -0.4 is 10.6 Å². The van der Waals surface area contributed by atoms with Crippen molar-refractivity contribution in [1.29, 1.82) is 5.26 Å². The molecule has 0 bridgehead atoms. The molecule has 2 saturated heterocycles. The molecular weight excluding hydrogens is 440 g/mol. The molecule has 190 valence electrons. The van der Waals surface area contributed by atoms with E-state index in [1.54, 1.807) is 0 Å². The number of carbonyl (C=O) groups excluding carboxylic acids is 2. The van der Waals surface area contributed by atoms with Crippen molar-refractivity contribution in [2.45, 2.75) is 51.6 Å². The summed E-state index contributed by atoms with van der Waals surface area (Å²) < 4.78 is 16.2. The van der Waals surface area contributed by atoms with Crippen LogP contribution in [0.2, 0.25) is 0 Å². The molecule has 3 rings (SSSR count). The number of nitriles is 1. The molecule has 34 heavy (non-hydrogen) atoms. The molecule has 11 heteroatoms. The highest BCUT2D eigenvalue weighted by Crippen LogP contribution is 2.35. The predicted molar refractivity (Wildman–Crippen MR) is 125 cm³/mol. The maximum Gasteiger partial charge on any atom is 0.414 e. The average molecular weight is 479 g/mol. The highest BCUT2D eigenvalue weighted by atomic mass is 16.5. The first-order chi connectivity index (χ1) is 16.2. The topological polar surface area (TPSA) is 129 Å². The summed E-state index contributed by atoms with van der Waals surface area (Å²) >= 11 is 0. The number of hydrogen-bond donors (Lipinski definition) is 2. The Bertz CT molecular complexity index is 774. The van der Waals surface area contributed by atoms with E-state index in [9.17, 15) is 14.9 Å². The van der Waals surface area contributed by atoms with Crippen LogP contribution in [0.3, 0.4) is 0 Å². The Kier molecular flexibility index (Phi) is 9.10. The number of hydrogen-bond acceptors (Lipinski definition) is 8. The average Bonchev–Trinajstić information content (AvgIpc) is 3.58. The number of carbonyl (C=O) groups is 2. The monoisotopic (exact) mass is 478 g/mol. The van der Waals surface area contributed by atoms with E-state index >= 15 is 0 Å². The fraction of sp³-hybridized carbons (Fsp3) is 0.826. The van der Waals surface area contributed by atoms with Crippen molar-refractivity contribution in [3.05, 3.63) is 0 Å². The second-order valence-electron chi connectivity index (χ2n) is 10.2. The van der Waals surface area contributed by atoms with Crippen LogP contribution in [0.1, 0.15) is 40.0 Å². The standard InChI is InChI=1S/C23H38N6O5/c1-22(2,3)16-18(19(30)27-23(17-24)4-5-23)25-20(29-9-13-33-14-10-29)26-21(31)34-15-8-28-6-11-32-12-7-28/h18H,4-16H2,1-3H3,(H,27,30)(H,25,26,31). The molecule has 11 nitrogen and oxygen atoms in total. The molecule has 3 fully saturated rings. The zero-order valence-electron chi connectivity index (χ0n) is 20.6. The van der Waals surface area contributed by atoms with Crippen molar-refractivity contribution in [2.75, 3.05) is 65.8 Å². The summed E-state index contributed by atoms with van der Waals surface area (Å²) in [5, 5.41) is 15.0. The summed E-state index contributed by atoms with van der Waals surface area (Å²) in [6.07, 6.45) is 1.14. The van der Waals surface area contributed by atoms with Crippen molar-refractivity contribution in [3.8, 4) is 6.07 Å². The van der Waals surface area contributed by atoms with E-state index < -0.39 is 17.7 Å². The van der Waals surface area contributed by atoms with Crippen LogP contribution in [-0.2, 0) is 19.0 Å². The minimum atomic E-state index is -0.784. The second kappa shape index (κ2) is 11.8. The van der Waals surface area contributed by atoms with Crippen LogP contribution in [0.15, 0.2) is 4.99 Å². The van der Waals surface area contributed by atoms with Crippen LogP contribution in [-0.4, -0.2) is 105 Å². The third-order valence-corrected chi connectivity index (χ3v) is 5.98. The molecule has 0 spiro atoms. The SMILES string of the molecule is CC(C)(C)CC(/N=C(\NC(=O)OCCN1CCOCC1)N1CCOCC1)C(=O)NC1(C#N)CC1. The van der Waals surface area contributed by atoms with E-state index in [-0.39, 0.29) is 17.9 Å². The lowest BCUT2D eigenvalue weighted by Gasteiger charge is -2.31. The van der Waals surface area contributed by atoms with Crippen LogP contribution in [0.4, 0.5) is 4.79 Å². The molecule has 3 aliphatic rings. The summed E-state index contributed by atoms with van der Waals surface area (Å²) in [5.74, 6) is -0.00639. The number of morpholine rings is 2. The number of guanidine groups is 1. The predicted octanol–water partition coefficient (Wildman–Crippen LogP) is 0.710. The van der Waals surface area contributed by atoms with Gasteiger partial charge >= 0.3 is 6.09 Å². The molecule has 1 saturated carbocycles. The van der Waals surface area contributed by atoms with Gasteiger partial charge in [0.15, 0.2) is 0 Å². The quantitative estimate of drug-likeness (QED) is 0.404. The van der Waals surface area contributed by atoms with Gasteiger partial charge in [0.05, 0.1) is 32.5 Å². The number of ether oxygens (including phenoxy) is 3. The van der Waals surface area contributed by atoms with E-state index in [4.69, 9.17) is 19.2 Å². The lowest BCUT2D eigenvalue weighted by molar-refractivity contribution is -0.123. The minimum Gasteiger partial charge on any atom is -0.448 e. The molecule has 0 radical (unpaired) electrons. The van der Waals surface area contributed by atoms with Gasteiger partial charge in [-0.05, 0) is 24.7 Å². The Hall–Kier alpha value is -2.42. The highest BCUT2D eigenvalue weighted by Gasteiger charge is 2.46. The number of amides is 2. The first-order valence-electron chi connectivity index (χ1n) is 12.1. The zero-order chi connectivity index (χ0) is 24.6. The van der Waals surface area contributed by atoms with Crippen molar-refractivity contribution in [1.82, 2.24) is 20.4 Å². The largest absolute Gasteiger partial charge is 0.448 e. The number of aliphatic imine (C=N–C) groups is 1. The number of alkyl carbamates (subject to hydrolysis) is 1. The van der Waals surface area contributed by atoms with Gasteiger partial charge < -0.3 is 24.4 Å². The molecule has 2 amide bonds. The van der Waals surface area contributed by atoms with Crippen molar-refractivity contribution >= 4 is 18.0 Å². The first kappa shape index (κ1) is 26.2. The van der Waals surface area contributed by atoms with Gasteiger partial charge in [-0.15, -0.1) is 0 Å².